The fourth-order valence-corrected chi connectivity index (χ4v) is 3.23. The molecule has 0 aliphatic heterocycles. The van der Waals surface area contributed by atoms with Gasteiger partial charge in [-0.05, 0) is 49.7 Å². The number of benzene rings is 2. The average Bonchev–Trinajstić information content (AvgIpc) is 2.70. The smallest absolute Gasteiger partial charge is 0.261 e. The number of amides is 2. The molecule has 8 heteroatoms. The molecular formula is C21H23Cl3N2O3. The van der Waals surface area contributed by atoms with Crippen LogP contribution < -0.4 is 10.1 Å². The van der Waals surface area contributed by atoms with E-state index in [4.69, 9.17) is 39.5 Å². The number of carbonyl (C=O) groups excluding carboxylic acids is 2. The van der Waals surface area contributed by atoms with E-state index < -0.39 is 6.04 Å². The summed E-state index contributed by atoms with van der Waals surface area (Å²) in [6.07, 6.45) is 0.794. The van der Waals surface area contributed by atoms with Gasteiger partial charge in [-0.1, -0.05) is 47.8 Å². The van der Waals surface area contributed by atoms with E-state index in [2.05, 4.69) is 5.32 Å². The quantitative estimate of drug-likeness (QED) is 0.578. The first-order valence-electron chi connectivity index (χ1n) is 9.22. The summed E-state index contributed by atoms with van der Waals surface area (Å²) in [5.41, 5.74) is 0.575. The van der Waals surface area contributed by atoms with Gasteiger partial charge in [0.2, 0.25) is 5.91 Å². The first-order chi connectivity index (χ1) is 13.8. The molecule has 0 bridgehead atoms. The van der Waals surface area contributed by atoms with Crippen molar-refractivity contribution in [2.45, 2.75) is 32.9 Å². The van der Waals surface area contributed by atoms with Crippen molar-refractivity contribution >= 4 is 46.6 Å². The zero-order valence-corrected chi connectivity index (χ0v) is 18.5. The molecule has 0 aromatic heterocycles. The molecule has 0 radical (unpaired) electrons. The lowest BCUT2D eigenvalue weighted by atomic mass is 10.1. The SMILES string of the molecule is CCCNC(=O)[C@@H](C)N(Cc1c(Cl)cccc1Cl)C(=O)COc1ccc(Cl)cc1. The van der Waals surface area contributed by atoms with Crippen LogP contribution in [-0.4, -0.2) is 35.9 Å². The van der Waals surface area contributed by atoms with Gasteiger partial charge in [0.05, 0.1) is 0 Å². The van der Waals surface area contributed by atoms with Gasteiger partial charge in [-0.2, -0.15) is 0 Å². The van der Waals surface area contributed by atoms with Crippen LogP contribution in [0.25, 0.3) is 0 Å². The van der Waals surface area contributed by atoms with E-state index in [9.17, 15) is 9.59 Å². The van der Waals surface area contributed by atoms with Gasteiger partial charge in [0.15, 0.2) is 6.61 Å². The van der Waals surface area contributed by atoms with Gasteiger partial charge >= 0.3 is 0 Å². The van der Waals surface area contributed by atoms with Crippen molar-refractivity contribution in [2.24, 2.45) is 0 Å². The molecule has 29 heavy (non-hydrogen) atoms. The van der Waals surface area contributed by atoms with Gasteiger partial charge in [-0.15, -0.1) is 0 Å². The fraction of sp³-hybridized carbons (Fsp3) is 0.333. The summed E-state index contributed by atoms with van der Waals surface area (Å²) < 4.78 is 5.57. The summed E-state index contributed by atoms with van der Waals surface area (Å²) in [5.74, 6) is -0.119. The molecule has 156 valence electrons. The van der Waals surface area contributed by atoms with Crippen molar-refractivity contribution in [3.05, 3.63) is 63.1 Å². The zero-order chi connectivity index (χ0) is 21.4. The lowest BCUT2D eigenvalue weighted by Crippen LogP contribution is -2.49. The highest BCUT2D eigenvalue weighted by atomic mass is 35.5. The van der Waals surface area contributed by atoms with E-state index in [-0.39, 0.29) is 25.0 Å². The first kappa shape index (κ1) is 23.3. The topological polar surface area (TPSA) is 58.6 Å². The number of ether oxygens (including phenoxy) is 1. The van der Waals surface area contributed by atoms with Gasteiger partial charge in [-0.3, -0.25) is 9.59 Å². The van der Waals surface area contributed by atoms with Crippen LogP contribution in [0.5, 0.6) is 5.75 Å². The maximum Gasteiger partial charge on any atom is 0.261 e. The molecule has 2 rings (SSSR count). The molecule has 0 saturated carbocycles. The molecule has 5 nitrogen and oxygen atoms in total. The highest BCUT2D eigenvalue weighted by molar-refractivity contribution is 6.36. The van der Waals surface area contributed by atoms with Crippen molar-refractivity contribution in [3.63, 3.8) is 0 Å². The number of hydrogen-bond acceptors (Lipinski definition) is 3. The van der Waals surface area contributed by atoms with Gasteiger partial charge in [0.1, 0.15) is 11.8 Å². The summed E-state index contributed by atoms with van der Waals surface area (Å²) in [6.45, 7) is 3.99. The third-order valence-corrected chi connectivity index (χ3v) is 5.24. The molecule has 0 saturated heterocycles. The minimum absolute atomic E-state index is 0.0853. The van der Waals surface area contributed by atoms with Crippen molar-refractivity contribution < 1.29 is 14.3 Å². The van der Waals surface area contributed by atoms with Crippen molar-refractivity contribution in [1.82, 2.24) is 10.2 Å². The lowest BCUT2D eigenvalue weighted by molar-refractivity contribution is -0.142. The minimum atomic E-state index is -0.727. The largest absolute Gasteiger partial charge is 0.484 e. The Balaban J connectivity index is 2.19. The van der Waals surface area contributed by atoms with E-state index in [1.165, 1.54) is 4.90 Å². The third kappa shape index (κ3) is 6.81. The number of nitrogens with one attached hydrogen (secondary N) is 1. The van der Waals surface area contributed by atoms with E-state index in [0.717, 1.165) is 6.42 Å². The summed E-state index contributed by atoms with van der Waals surface area (Å²) in [7, 11) is 0. The molecule has 0 unspecified atom stereocenters. The van der Waals surface area contributed by atoms with E-state index in [1.54, 1.807) is 49.4 Å². The molecule has 0 aliphatic carbocycles. The van der Waals surface area contributed by atoms with Crippen LogP contribution in [0, 0.1) is 0 Å². The highest BCUT2D eigenvalue weighted by Gasteiger charge is 2.27. The maximum atomic E-state index is 12.9. The highest BCUT2D eigenvalue weighted by Crippen LogP contribution is 2.26. The van der Waals surface area contributed by atoms with Crippen LogP contribution >= 0.6 is 34.8 Å². The number of carbonyl (C=O) groups is 2. The van der Waals surface area contributed by atoms with Crippen LogP contribution in [-0.2, 0) is 16.1 Å². The van der Waals surface area contributed by atoms with Crippen LogP contribution in [0.3, 0.4) is 0 Å². The monoisotopic (exact) mass is 456 g/mol. The standard InChI is InChI=1S/C21H23Cl3N2O3/c1-3-11-25-21(28)14(2)26(12-17-18(23)5-4-6-19(17)24)20(27)13-29-16-9-7-15(22)8-10-16/h4-10,14H,3,11-13H2,1-2H3,(H,25,28)/t14-/m1/s1. The Kier molecular flexibility index (Phi) is 9.08. The summed E-state index contributed by atoms with van der Waals surface area (Å²) >= 11 is 18.4. The molecular weight excluding hydrogens is 435 g/mol. The van der Waals surface area contributed by atoms with E-state index >= 15 is 0 Å². The second-order valence-electron chi connectivity index (χ2n) is 6.43. The Labute approximate surface area is 185 Å². The molecule has 1 N–H and O–H groups in total. The number of rotatable bonds is 9. The Hall–Kier alpha value is -1.95. The van der Waals surface area contributed by atoms with E-state index in [1.807, 2.05) is 6.92 Å². The molecule has 2 amide bonds. The van der Waals surface area contributed by atoms with Crippen LogP contribution in [0.2, 0.25) is 15.1 Å². The Morgan fingerprint density at radius 1 is 1.07 bits per heavy atom. The molecule has 1 atom stereocenters. The normalized spacial score (nSPS) is 11.6. The van der Waals surface area contributed by atoms with Crippen molar-refractivity contribution in [1.29, 1.82) is 0 Å². The predicted octanol–water partition coefficient (Wildman–Crippen LogP) is 4.97. The van der Waals surface area contributed by atoms with Gasteiger partial charge in [0.25, 0.3) is 5.91 Å². The van der Waals surface area contributed by atoms with Crippen LogP contribution in [0.15, 0.2) is 42.5 Å². The summed E-state index contributed by atoms with van der Waals surface area (Å²) in [6, 6.07) is 11.1. The Morgan fingerprint density at radius 2 is 1.69 bits per heavy atom. The summed E-state index contributed by atoms with van der Waals surface area (Å²) in [5, 5.41) is 4.23. The molecule has 0 aliphatic rings. The van der Waals surface area contributed by atoms with Crippen LogP contribution in [0.1, 0.15) is 25.8 Å². The number of halogens is 3. The predicted molar refractivity (Wildman–Crippen MR) is 117 cm³/mol. The maximum absolute atomic E-state index is 12.9. The molecule has 2 aromatic carbocycles. The lowest BCUT2D eigenvalue weighted by Gasteiger charge is -2.29. The van der Waals surface area contributed by atoms with Crippen LogP contribution in [0.4, 0.5) is 0 Å². The van der Waals surface area contributed by atoms with Gasteiger partial charge in [-0.25, -0.2) is 0 Å². The van der Waals surface area contributed by atoms with Gasteiger partial charge < -0.3 is 15.0 Å². The molecule has 0 spiro atoms. The Morgan fingerprint density at radius 3 is 2.28 bits per heavy atom. The van der Waals surface area contributed by atoms with Crippen molar-refractivity contribution in [3.8, 4) is 5.75 Å². The second kappa shape index (κ2) is 11.3. The fourth-order valence-electron chi connectivity index (χ4n) is 2.59. The summed E-state index contributed by atoms with van der Waals surface area (Å²) in [4.78, 5) is 26.8. The Bertz CT molecular complexity index is 823. The first-order valence-corrected chi connectivity index (χ1v) is 10.3. The third-order valence-electron chi connectivity index (χ3n) is 4.28. The van der Waals surface area contributed by atoms with Crippen molar-refractivity contribution in [2.75, 3.05) is 13.2 Å². The molecule has 2 aromatic rings. The molecule has 0 fully saturated rings. The van der Waals surface area contributed by atoms with E-state index in [0.29, 0.717) is 32.9 Å². The number of hydrogen-bond donors (Lipinski definition) is 1. The zero-order valence-electron chi connectivity index (χ0n) is 16.3. The number of nitrogens with zero attached hydrogens (tertiary/aromatic N) is 1. The van der Waals surface area contributed by atoms with Gasteiger partial charge in [0, 0.05) is 33.7 Å². The molecule has 0 heterocycles. The second-order valence-corrected chi connectivity index (χ2v) is 7.68. The average molecular weight is 458 g/mol. The minimum Gasteiger partial charge on any atom is -0.484 e.